The van der Waals surface area contributed by atoms with E-state index in [1.807, 2.05) is 0 Å². The number of hydrogen-bond acceptors (Lipinski definition) is 5. The zero-order chi connectivity index (χ0) is 14.8. The Morgan fingerprint density at radius 1 is 1.15 bits per heavy atom. The molecule has 1 aromatic carbocycles. The van der Waals surface area contributed by atoms with Crippen LogP contribution in [0.2, 0.25) is 0 Å². The second-order valence-corrected chi connectivity index (χ2v) is 4.79. The van der Waals surface area contributed by atoms with Crippen molar-refractivity contribution in [2.24, 2.45) is 0 Å². The first-order chi connectivity index (χ1) is 9.72. The number of benzene rings is 1. The number of esters is 1. The van der Waals surface area contributed by atoms with E-state index in [1.165, 1.54) is 7.11 Å². The van der Waals surface area contributed by atoms with E-state index < -0.39 is 5.97 Å². The molecule has 0 bridgehead atoms. The van der Waals surface area contributed by atoms with Crippen LogP contribution in [0.1, 0.15) is 36.0 Å². The normalized spacial score (nSPS) is 10.2. The first kappa shape index (κ1) is 16.7. The molecule has 1 aromatic rings. The Bertz CT molecular complexity index is 420. The van der Waals surface area contributed by atoms with Crippen LogP contribution in [0, 0.1) is 0 Å². The van der Waals surface area contributed by atoms with Gasteiger partial charge < -0.3 is 14.2 Å². The minimum absolute atomic E-state index is 0.405. The van der Waals surface area contributed by atoms with Gasteiger partial charge in [-0.05, 0) is 30.7 Å². The molecule has 0 aromatic heterocycles. The second kappa shape index (κ2) is 9.53. The molecule has 0 fully saturated rings. The summed E-state index contributed by atoms with van der Waals surface area (Å²) in [5.41, 5.74) is 0.420. The van der Waals surface area contributed by atoms with Gasteiger partial charge in [0, 0.05) is 6.07 Å². The van der Waals surface area contributed by atoms with E-state index in [0.717, 1.165) is 31.4 Å². The zero-order valence-electron chi connectivity index (χ0n) is 12.1. The Hall–Kier alpha value is -1.36. The third-order valence-corrected chi connectivity index (χ3v) is 3.22. The minimum Gasteiger partial charge on any atom is -0.497 e. The lowest BCUT2D eigenvalue weighted by molar-refractivity contribution is 0.0596. The third-order valence-electron chi connectivity index (χ3n) is 2.90. The highest BCUT2D eigenvalue weighted by Gasteiger charge is 2.14. The molecule has 4 nitrogen and oxygen atoms in total. The number of thiol groups is 1. The van der Waals surface area contributed by atoms with Crippen molar-refractivity contribution >= 4 is 18.6 Å². The van der Waals surface area contributed by atoms with Crippen molar-refractivity contribution in [2.45, 2.75) is 25.7 Å². The number of carbonyl (C=O) groups is 1. The van der Waals surface area contributed by atoms with Gasteiger partial charge in [-0.25, -0.2) is 4.79 Å². The summed E-state index contributed by atoms with van der Waals surface area (Å²) in [5.74, 6) is 1.68. The van der Waals surface area contributed by atoms with Gasteiger partial charge in [-0.3, -0.25) is 0 Å². The van der Waals surface area contributed by atoms with Gasteiger partial charge in [-0.1, -0.05) is 12.8 Å². The van der Waals surface area contributed by atoms with Crippen molar-refractivity contribution in [3.63, 3.8) is 0 Å². The standard InChI is InChI=1S/C15H22O4S/c1-17-12-7-8-13(15(16)18-2)14(11-12)19-9-5-3-4-6-10-20/h7-8,11,20H,3-6,9-10H2,1-2H3. The summed E-state index contributed by atoms with van der Waals surface area (Å²) in [7, 11) is 2.93. The minimum atomic E-state index is -0.405. The summed E-state index contributed by atoms with van der Waals surface area (Å²) >= 11 is 4.17. The molecule has 112 valence electrons. The second-order valence-electron chi connectivity index (χ2n) is 4.34. The third kappa shape index (κ3) is 5.33. The highest BCUT2D eigenvalue weighted by atomic mass is 32.1. The van der Waals surface area contributed by atoms with Crippen LogP contribution in [0.5, 0.6) is 11.5 Å². The van der Waals surface area contributed by atoms with E-state index in [2.05, 4.69) is 12.6 Å². The molecule has 0 aliphatic rings. The molecular formula is C15H22O4S. The molecule has 0 spiro atoms. The fourth-order valence-corrected chi connectivity index (χ4v) is 2.00. The average molecular weight is 298 g/mol. The molecule has 5 heteroatoms. The number of methoxy groups -OCH3 is 2. The highest BCUT2D eigenvalue weighted by molar-refractivity contribution is 7.80. The lowest BCUT2D eigenvalue weighted by Gasteiger charge is -2.11. The molecule has 0 heterocycles. The number of unbranched alkanes of at least 4 members (excludes halogenated alkanes) is 3. The SMILES string of the molecule is COC(=O)c1ccc(OC)cc1OCCCCCCS. The number of rotatable bonds is 9. The molecule has 0 saturated carbocycles. The number of carbonyl (C=O) groups excluding carboxylic acids is 1. The fraction of sp³-hybridized carbons (Fsp3) is 0.533. The predicted molar refractivity (Wildman–Crippen MR) is 82.1 cm³/mol. The Morgan fingerprint density at radius 3 is 2.55 bits per heavy atom. The summed E-state index contributed by atoms with van der Waals surface area (Å²) in [4.78, 5) is 11.7. The molecule has 0 aliphatic carbocycles. The molecule has 0 radical (unpaired) electrons. The Morgan fingerprint density at radius 2 is 1.90 bits per heavy atom. The maximum absolute atomic E-state index is 11.7. The molecule has 0 saturated heterocycles. The van der Waals surface area contributed by atoms with Crippen molar-refractivity contribution in [1.29, 1.82) is 0 Å². The smallest absolute Gasteiger partial charge is 0.341 e. The molecule has 0 aliphatic heterocycles. The summed E-state index contributed by atoms with van der Waals surface area (Å²) in [5, 5.41) is 0. The quantitative estimate of drug-likeness (QED) is 0.431. The van der Waals surface area contributed by atoms with E-state index in [-0.39, 0.29) is 0 Å². The molecule has 0 N–H and O–H groups in total. The van der Waals surface area contributed by atoms with Gasteiger partial charge in [-0.15, -0.1) is 0 Å². The summed E-state index contributed by atoms with van der Waals surface area (Å²) in [6.45, 7) is 0.573. The summed E-state index contributed by atoms with van der Waals surface area (Å²) < 4.78 is 15.6. The van der Waals surface area contributed by atoms with Gasteiger partial charge in [0.2, 0.25) is 0 Å². The molecular weight excluding hydrogens is 276 g/mol. The van der Waals surface area contributed by atoms with Crippen LogP contribution in [0.25, 0.3) is 0 Å². The van der Waals surface area contributed by atoms with E-state index in [1.54, 1.807) is 25.3 Å². The predicted octanol–water partition coefficient (Wildman–Crippen LogP) is 3.35. The largest absolute Gasteiger partial charge is 0.497 e. The molecule has 0 atom stereocenters. The van der Waals surface area contributed by atoms with Crippen molar-refractivity contribution in [1.82, 2.24) is 0 Å². The lowest BCUT2D eigenvalue weighted by Crippen LogP contribution is -2.07. The van der Waals surface area contributed by atoms with Gasteiger partial charge in [0.25, 0.3) is 0 Å². The van der Waals surface area contributed by atoms with Crippen LogP contribution < -0.4 is 9.47 Å². The first-order valence-electron chi connectivity index (χ1n) is 6.73. The number of hydrogen-bond donors (Lipinski definition) is 1. The van der Waals surface area contributed by atoms with Gasteiger partial charge in [0.1, 0.15) is 17.1 Å². The van der Waals surface area contributed by atoms with Crippen LogP contribution in [0.4, 0.5) is 0 Å². The highest BCUT2D eigenvalue weighted by Crippen LogP contribution is 2.25. The van der Waals surface area contributed by atoms with E-state index in [9.17, 15) is 4.79 Å². The van der Waals surface area contributed by atoms with E-state index in [4.69, 9.17) is 14.2 Å². The van der Waals surface area contributed by atoms with Crippen LogP contribution >= 0.6 is 12.6 Å². The van der Waals surface area contributed by atoms with E-state index in [0.29, 0.717) is 23.7 Å². The molecule has 1 rings (SSSR count). The van der Waals surface area contributed by atoms with E-state index >= 15 is 0 Å². The van der Waals surface area contributed by atoms with Crippen molar-refractivity contribution in [3.05, 3.63) is 23.8 Å². The van der Waals surface area contributed by atoms with Crippen molar-refractivity contribution in [3.8, 4) is 11.5 Å². The molecule has 20 heavy (non-hydrogen) atoms. The topological polar surface area (TPSA) is 44.8 Å². The summed E-state index contributed by atoms with van der Waals surface area (Å²) in [6.07, 6.45) is 4.31. The van der Waals surface area contributed by atoms with Gasteiger partial charge in [0.15, 0.2) is 0 Å². The molecule has 0 amide bonds. The van der Waals surface area contributed by atoms with Crippen molar-refractivity contribution < 1.29 is 19.0 Å². The van der Waals surface area contributed by atoms with Crippen LogP contribution in [-0.2, 0) is 4.74 Å². The Kier molecular flexibility index (Phi) is 7.95. The van der Waals surface area contributed by atoms with Gasteiger partial charge >= 0.3 is 5.97 Å². The first-order valence-corrected chi connectivity index (χ1v) is 7.36. The lowest BCUT2D eigenvalue weighted by atomic mass is 10.2. The Balaban J connectivity index is 2.59. The monoisotopic (exact) mass is 298 g/mol. The van der Waals surface area contributed by atoms with Gasteiger partial charge in [0.05, 0.1) is 20.8 Å². The maximum Gasteiger partial charge on any atom is 0.341 e. The van der Waals surface area contributed by atoms with Crippen LogP contribution in [-0.4, -0.2) is 32.5 Å². The van der Waals surface area contributed by atoms with Crippen LogP contribution in [0.15, 0.2) is 18.2 Å². The average Bonchev–Trinajstić information content (AvgIpc) is 2.49. The number of ether oxygens (including phenoxy) is 3. The van der Waals surface area contributed by atoms with Crippen molar-refractivity contribution in [2.75, 3.05) is 26.6 Å². The maximum atomic E-state index is 11.7. The van der Waals surface area contributed by atoms with Crippen LogP contribution in [0.3, 0.4) is 0 Å². The zero-order valence-corrected chi connectivity index (χ0v) is 12.9. The van der Waals surface area contributed by atoms with Gasteiger partial charge in [-0.2, -0.15) is 12.6 Å². The Labute approximate surface area is 125 Å². The fourth-order valence-electron chi connectivity index (χ4n) is 1.78. The summed E-state index contributed by atoms with van der Waals surface area (Å²) in [6, 6.07) is 5.08. The molecule has 0 unspecified atom stereocenters.